The second kappa shape index (κ2) is 5.36. The zero-order valence-corrected chi connectivity index (χ0v) is 8.30. The van der Waals surface area contributed by atoms with E-state index < -0.39 is 20.8 Å². The molecule has 0 aromatic carbocycles. The average molecular weight is 254 g/mol. The SMILES string of the molecule is N=C(N)S.O=S(=O)(O)OS(=O)(=O)O. The summed E-state index contributed by atoms with van der Waals surface area (Å²) in [5.41, 5.74) is 4.56. The second-order valence-corrected chi connectivity index (χ2v) is 4.05. The smallest absolute Gasteiger partial charge is 0.379 e. The van der Waals surface area contributed by atoms with Crippen LogP contribution in [0.1, 0.15) is 0 Å². The van der Waals surface area contributed by atoms with Crippen molar-refractivity contribution in [2.45, 2.75) is 0 Å². The Morgan fingerprint density at radius 3 is 1.38 bits per heavy atom. The van der Waals surface area contributed by atoms with Crippen molar-refractivity contribution >= 4 is 38.6 Å². The average Bonchev–Trinajstić information content (AvgIpc) is 1.47. The number of thiol groups is 1. The number of hydrogen-bond donors (Lipinski definition) is 5. The third-order valence-electron chi connectivity index (χ3n) is 0.172. The van der Waals surface area contributed by atoms with Crippen molar-refractivity contribution in [2.75, 3.05) is 0 Å². The van der Waals surface area contributed by atoms with Crippen molar-refractivity contribution in [1.29, 1.82) is 5.41 Å². The van der Waals surface area contributed by atoms with Crippen LogP contribution in [0.3, 0.4) is 0 Å². The highest BCUT2D eigenvalue weighted by molar-refractivity contribution is 7.96. The Morgan fingerprint density at radius 1 is 1.23 bits per heavy atom. The van der Waals surface area contributed by atoms with Gasteiger partial charge in [-0.3, -0.25) is 14.5 Å². The molecule has 0 aliphatic rings. The molecule has 0 fully saturated rings. The molecule has 0 aliphatic heterocycles. The lowest BCUT2D eigenvalue weighted by Gasteiger charge is -1.89. The lowest BCUT2D eigenvalue weighted by Crippen LogP contribution is -2.10. The Kier molecular flexibility index (Phi) is 6.22. The van der Waals surface area contributed by atoms with Gasteiger partial charge in [-0.25, -0.2) is 0 Å². The topological polar surface area (TPSA) is 168 Å². The van der Waals surface area contributed by atoms with Crippen LogP contribution in [0.2, 0.25) is 0 Å². The molecule has 0 heterocycles. The van der Waals surface area contributed by atoms with Gasteiger partial charge in [0.05, 0.1) is 0 Å². The fraction of sp³-hybridized carbons (Fsp3) is 0. The number of hydrogen-bond acceptors (Lipinski definition) is 6. The molecule has 0 radical (unpaired) electrons. The molecule has 0 saturated carbocycles. The van der Waals surface area contributed by atoms with Gasteiger partial charge in [-0.2, -0.15) is 16.8 Å². The first-order chi connectivity index (χ1) is 5.44. The summed E-state index contributed by atoms with van der Waals surface area (Å²) in [6.45, 7) is 0. The Labute approximate surface area is 79.7 Å². The van der Waals surface area contributed by atoms with E-state index in [1.54, 1.807) is 0 Å². The second-order valence-electron chi connectivity index (χ2n) is 1.31. The molecule has 0 amide bonds. The fourth-order valence-electron chi connectivity index (χ4n) is 0.109. The van der Waals surface area contributed by atoms with E-state index in [1.807, 2.05) is 0 Å². The molecule has 0 bridgehead atoms. The number of nitrogens with one attached hydrogen (secondary N) is 1. The minimum atomic E-state index is -5.12. The zero-order valence-electron chi connectivity index (χ0n) is 5.78. The van der Waals surface area contributed by atoms with Crippen LogP contribution < -0.4 is 5.73 Å². The van der Waals surface area contributed by atoms with Crippen LogP contribution in [-0.2, 0) is 24.4 Å². The summed E-state index contributed by atoms with van der Waals surface area (Å²) in [6, 6.07) is 0. The van der Waals surface area contributed by atoms with Crippen molar-refractivity contribution in [3.05, 3.63) is 0 Å². The molecule has 0 saturated heterocycles. The predicted octanol–water partition coefficient (Wildman–Crippen LogP) is -1.58. The Morgan fingerprint density at radius 2 is 1.38 bits per heavy atom. The van der Waals surface area contributed by atoms with Crippen LogP contribution in [-0.4, -0.2) is 31.1 Å². The predicted molar refractivity (Wildman–Crippen MR) is 45.1 cm³/mol. The first kappa shape index (κ1) is 15.1. The normalized spacial score (nSPS) is 11.3. The zero-order chi connectivity index (χ0) is 11.3. The van der Waals surface area contributed by atoms with E-state index in [0.29, 0.717) is 0 Å². The highest BCUT2D eigenvalue weighted by atomic mass is 32.3. The molecule has 0 aromatic rings. The molecule has 0 rings (SSSR count). The van der Waals surface area contributed by atoms with Gasteiger partial charge in [-0.15, -0.1) is 16.3 Å². The van der Waals surface area contributed by atoms with Crippen molar-refractivity contribution in [3.63, 3.8) is 0 Å². The van der Waals surface area contributed by atoms with Gasteiger partial charge in [0.15, 0.2) is 0 Å². The van der Waals surface area contributed by atoms with Crippen LogP contribution in [0, 0.1) is 5.41 Å². The summed E-state index contributed by atoms with van der Waals surface area (Å²) in [5.74, 6) is 0. The number of amidine groups is 1. The van der Waals surface area contributed by atoms with Crippen molar-refractivity contribution < 1.29 is 29.6 Å². The molecule has 0 unspecified atom stereocenters. The van der Waals surface area contributed by atoms with Gasteiger partial charge in [-0.1, -0.05) is 0 Å². The highest BCUT2D eigenvalue weighted by Crippen LogP contribution is 1.91. The first-order valence-electron chi connectivity index (χ1n) is 2.13. The summed E-state index contributed by atoms with van der Waals surface area (Å²) in [6.07, 6.45) is 0. The molecule has 12 heteroatoms. The van der Waals surface area contributed by atoms with Crippen LogP contribution >= 0.6 is 12.6 Å². The van der Waals surface area contributed by atoms with Gasteiger partial charge < -0.3 is 5.73 Å². The maximum atomic E-state index is 9.44. The number of rotatable bonds is 2. The maximum Gasteiger partial charge on any atom is 0.413 e. The molecule has 13 heavy (non-hydrogen) atoms. The molecule has 80 valence electrons. The van der Waals surface area contributed by atoms with Crippen molar-refractivity contribution in [2.24, 2.45) is 5.73 Å². The van der Waals surface area contributed by atoms with Gasteiger partial charge in [0.1, 0.15) is 5.17 Å². The monoisotopic (exact) mass is 254 g/mol. The molecular formula is CH6N2O7S3. The van der Waals surface area contributed by atoms with Crippen LogP contribution in [0.15, 0.2) is 0 Å². The van der Waals surface area contributed by atoms with E-state index >= 15 is 0 Å². The minimum absolute atomic E-state index is 0.139. The Hall–Kier alpha value is -0.400. The van der Waals surface area contributed by atoms with Gasteiger partial charge in [0.2, 0.25) is 0 Å². The van der Waals surface area contributed by atoms with Crippen molar-refractivity contribution in [1.82, 2.24) is 0 Å². The third-order valence-corrected chi connectivity index (χ3v) is 1.55. The first-order valence-corrected chi connectivity index (χ1v) is 5.30. The van der Waals surface area contributed by atoms with Gasteiger partial charge in [0.25, 0.3) is 0 Å². The van der Waals surface area contributed by atoms with E-state index in [9.17, 15) is 16.8 Å². The molecule has 5 N–H and O–H groups in total. The lowest BCUT2D eigenvalue weighted by atomic mass is 11.4. The Bertz CT molecular complexity index is 317. The Balaban J connectivity index is 0. The van der Waals surface area contributed by atoms with E-state index in [-0.39, 0.29) is 5.17 Å². The van der Waals surface area contributed by atoms with Crippen molar-refractivity contribution in [3.8, 4) is 0 Å². The summed E-state index contributed by atoms with van der Waals surface area (Å²) in [5, 5.41) is 6.00. The summed E-state index contributed by atoms with van der Waals surface area (Å²) >= 11 is 3.33. The van der Waals surface area contributed by atoms with E-state index in [4.69, 9.17) is 14.5 Å². The number of nitrogens with two attached hydrogens (primary N) is 1. The molecule has 0 aromatic heterocycles. The lowest BCUT2D eigenvalue weighted by molar-refractivity contribution is 0.344. The van der Waals surface area contributed by atoms with Gasteiger partial charge in [-0.05, 0) is 0 Å². The standard InChI is InChI=1S/CH4N2S.H2O7S2/c2-1(3)4;1-8(2,3)7-9(4,5)6/h(H4,2,3,4);(H,1,2,3)(H,4,5,6). The summed E-state index contributed by atoms with van der Waals surface area (Å²) in [7, 11) is -10.2. The summed E-state index contributed by atoms with van der Waals surface area (Å²) < 4.78 is 55.6. The third kappa shape index (κ3) is 34.1. The highest BCUT2D eigenvalue weighted by Gasteiger charge is 2.15. The van der Waals surface area contributed by atoms with Crippen LogP contribution in [0.25, 0.3) is 0 Å². The van der Waals surface area contributed by atoms with Crippen LogP contribution in [0.4, 0.5) is 0 Å². The molecular weight excluding hydrogens is 248 g/mol. The molecule has 0 atom stereocenters. The molecule has 0 aliphatic carbocycles. The molecule has 0 spiro atoms. The summed E-state index contributed by atoms with van der Waals surface area (Å²) in [4.78, 5) is 0. The van der Waals surface area contributed by atoms with E-state index in [1.165, 1.54) is 0 Å². The van der Waals surface area contributed by atoms with Crippen LogP contribution in [0.5, 0.6) is 0 Å². The maximum absolute atomic E-state index is 9.44. The fourth-order valence-corrected chi connectivity index (χ4v) is 0.978. The van der Waals surface area contributed by atoms with E-state index in [2.05, 4.69) is 22.0 Å². The van der Waals surface area contributed by atoms with Gasteiger partial charge in [0, 0.05) is 0 Å². The quantitative estimate of drug-likeness (QED) is 0.170. The minimum Gasteiger partial charge on any atom is -0.379 e. The van der Waals surface area contributed by atoms with E-state index in [0.717, 1.165) is 0 Å². The molecule has 9 nitrogen and oxygen atoms in total. The largest absolute Gasteiger partial charge is 0.413 e. The van der Waals surface area contributed by atoms with Gasteiger partial charge >= 0.3 is 20.8 Å².